The monoisotopic (exact) mass is 663 g/mol. The molecule has 0 saturated heterocycles. The van der Waals surface area contributed by atoms with Gasteiger partial charge in [0.1, 0.15) is 11.9 Å². The lowest BCUT2D eigenvalue weighted by Crippen LogP contribution is -2.48. The summed E-state index contributed by atoms with van der Waals surface area (Å²) in [5, 5.41) is 5.83. The fourth-order valence-corrected chi connectivity index (χ4v) is 5.18. The summed E-state index contributed by atoms with van der Waals surface area (Å²) in [5.74, 6) is -0.609. The molecule has 4 N–H and O–H groups in total. The smallest absolute Gasteiger partial charge is 0.407 e. The molecule has 0 aliphatic rings. The van der Waals surface area contributed by atoms with Crippen molar-refractivity contribution < 1.29 is 38.1 Å². The van der Waals surface area contributed by atoms with Gasteiger partial charge in [0.05, 0.1) is 19.1 Å². The molecule has 1 rings (SSSR count). The summed E-state index contributed by atoms with van der Waals surface area (Å²) < 4.78 is 22.2. The Bertz CT molecular complexity index is 1150. The van der Waals surface area contributed by atoms with E-state index >= 15 is 0 Å². The lowest BCUT2D eigenvalue weighted by Gasteiger charge is -2.33. The third kappa shape index (κ3) is 15.0. The number of methoxy groups -OCH3 is 2. The number of alkyl carbamates (subject to hydrolysis) is 1. The van der Waals surface area contributed by atoms with Crippen LogP contribution in [0, 0.1) is 35.0 Å². The van der Waals surface area contributed by atoms with Gasteiger partial charge in [-0.1, -0.05) is 33.8 Å². The summed E-state index contributed by atoms with van der Waals surface area (Å²) in [6.07, 6.45) is 2.28. The van der Waals surface area contributed by atoms with E-state index in [1.807, 2.05) is 32.0 Å². The van der Waals surface area contributed by atoms with E-state index in [0.717, 1.165) is 18.3 Å². The van der Waals surface area contributed by atoms with Gasteiger partial charge in [0.15, 0.2) is 11.5 Å². The molecule has 4 atom stereocenters. The number of carbonyl (C=O) groups is 4. The van der Waals surface area contributed by atoms with Crippen molar-refractivity contribution in [3.63, 3.8) is 0 Å². The molecule has 0 saturated carbocycles. The third-order valence-corrected chi connectivity index (χ3v) is 8.41. The van der Waals surface area contributed by atoms with Crippen LogP contribution in [0.15, 0.2) is 18.2 Å². The van der Waals surface area contributed by atoms with Gasteiger partial charge in [0, 0.05) is 44.6 Å². The number of aldehydes is 1. The quantitative estimate of drug-likeness (QED) is 0.118. The summed E-state index contributed by atoms with van der Waals surface area (Å²) >= 11 is 0. The molecule has 0 aliphatic heterocycles. The maximum atomic E-state index is 13.4. The first kappa shape index (κ1) is 41.7. The molecule has 0 aliphatic carbocycles. The van der Waals surface area contributed by atoms with Crippen molar-refractivity contribution >= 4 is 24.2 Å². The molecule has 0 bridgehead atoms. The minimum atomic E-state index is -0.928. The zero-order valence-corrected chi connectivity index (χ0v) is 30.6. The highest BCUT2D eigenvalue weighted by Gasteiger charge is 2.35. The van der Waals surface area contributed by atoms with Crippen molar-refractivity contribution in [1.29, 1.82) is 0 Å². The summed E-state index contributed by atoms with van der Waals surface area (Å²) in [6, 6.07) is 5.25. The number of primary amides is 1. The van der Waals surface area contributed by atoms with Crippen LogP contribution < -0.4 is 25.8 Å². The Morgan fingerprint density at radius 2 is 1.60 bits per heavy atom. The maximum Gasteiger partial charge on any atom is 0.407 e. The molecule has 1 aromatic carbocycles. The molecule has 0 fully saturated rings. The Morgan fingerprint density at radius 3 is 2.11 bits per heavy atom. The number of ether oxygens (including phenoxy) is 4. The number of benzene rings is 1. The van der Waals surface area contributed by atoms with E-state index in [0.29, 0.717) is 37.6 Å². The highest BCUT2D eigenvalue weighted by Crippen LogP contribution is 2.33. The summed E-state index contributed by atoms with van der Waals surface area (Å²) in [4.78, 5) is 51.0. The third-order valence-electron chi connectivity index (χ3n) is 8.41. The van der Waals surface area contributed by atoms with E-state index in [-0.39, 0.29) is 36.6 Å². The van der Waals surface area contributed by atoms with Gasteiger partial charge >= 0.3 is 6.09 Å². The number of nitrogens with one attached hydrogen (secondary N) is 2. The van der Waals surface area contributed by atoms with E-state index in [9.17, 15) is 19.2 Å². The molecule has 0 heterocycles. The van der Waals surface area contributed by atoms with Crippen LogP contribution in [0.1, 0.15) is 87.1 Å². The highest BCUT2D eigenvalue weighted by atomic mass is 16.6. The summed E-state index contributed by atoms with van der Waals surface area (Å²) in [7, 11) is 3.25. The van der Waals surface area contributed by atoms with Crippen LogP contribution >= 0.6 is 0 Å². The van der Waals surface area contributed by atoms with Gasteiger partial charge in [-0.05, 0) is 89.3 Å². The Balaban J connectivity index is 3.35. The largest absolute Gasteiger partial charge is 0.493 e. The molecule has 0 spiro atoms. The van der Waals surface area contributed by atoms with E-state index in [4.69, 9.17) is 24.7 Å². The number of amides is 3. The zero-order valence-electron chi connectivity index (χ0n) is 30.6. The van der Waals surface area contributed by atoms with E-state index in [1.54, 1.807) is 48.8 Å². The second kappa shape index (κ2) is 19.5. The van der Waals surface area contributed by atoms with Crippen molar-refractivity contribution in [1.82, 2.24) is 10.6 Å². The van der Waals surface area contributed by atoms with Gasteiger partial charge in [0.25, 0.3) is 0 Å². The lowest BCUT2D eigenvalue weighted by atomic mass is 9.77. The van der Waals surface area contributed by atoms with Crippen LogP contribution in [0.4, 0.5) is 4.79 Å². The summed E-state index contributed by atoms with van der Waals surface area (Å²) in [5.41, 5.74) is 4.86. The van der Waals surface area contributed by atoms with Crippen molar-refractivity contribution in [2.75, 3.05) is 34.0 Å². The van der Waals surface area contributed by atoms with Crippen molar-refractivity contribution in [3.8, 4) is 11.5 Å². The molecular weight excluding hydrogens is 602 g/mol. The van der Waals surface area contributed by atoms with Crippen molar-refractivity contribution in [3.05, 3.63) is 23.8 Å². The van der Waals surface area contributed by atoms with Gasteiger partial charge in [-0.25, -0.2) is 4.79 Å². The Labute approximate surface area is 282 Å². The normalized spacial score (nSPS) is 14.6. The average Bonchev–Trinajstić information content (AvgIpc) is 2.96. The van der Waals surface area contributed by atoms with E-state index in [1.165, 1.54) is 0 Å². The first-order valence-electron chi connectivity index (χ1n) is 16.7. The summed E-state index contributed by atoms with van der Waals surface area (Å²) in [6.45, 7) is 17.9. The minimum Gasteiger partial charge on any atom is -0.493 e. The second-order valence-corrected chi connectivity index (χ2v) is 14.7. The van der Waals surface area contributed by atoms with Crippen LogP contribution in [-0.2, 0) is 30.3 Å². The average molecular weight is 664 g/mol. The fraction of sp³-hybridized carbons (Fsp3) is 0.722. The van der Waals surface area contributed by atoms with Gasteiger partial charge in [-0.3, -0.25) is 9.59 Å². The molecule has 0 radical (unpaired) electrons. The highest BCUT2D eigenvalue weighted by molar-refractivity contribution is 5.83. The molecule has 268 valence electrons. The molecule has 11 heteroatoms. The Morgan fingerprint density at radius 1 is 0.936 bits per heavy atom. The van der Waals surface area contributed by atoms with Crippen LogP contribution in [0.3, 0.4) is 0 Å². The molecule has 11 nitrogen and oxygen atoms in total. The van der Waals surface area contributed by atoms with Crippen LogP contribution in [-0.4, -0.2) is 69.8 Å². The molecule has 0 aromatic heterocycles. The van der Waals surface area contributed by atoms with Gasteiger partial charge in [-0.2, -0.15) is 0 Å². The molecule has 47 heavy (non-hydrogen) atoms. The van der Waals surface area contributed by atoms with Crippen LogP contribution in [0.25, 0.3) is 0 Å². The first-order valence-corrected chi connectivity index (χ1v) is 16.7. The van der Waals surface area contributed by atoms with Crippen LogP contribution in [0.2, 0.25) is 0 Å². The van der Waals surface area contributed by atoms with Gasteiger partial charge in [-0.15, -0.1) is 0 Å². The fourth-order valence-electron chi connectivity index (χ4n) is 5.18. The number of nitrogens with two attached hydrogens (primary N) is 1. The van der Waals surface area contributed by atoms with Crippen molar-refractivity contribution in [2.24, 2.45) is 40.7 Å². The Hall–Kier alpha value is -3.34. The van der Waals surface area contributed by atoms with E-state index in [2.05, 4.69) is 24.5 Å². The zero-order chi connectivity index (χ0) is 35.9. The molecule has 0 unspecified atom stereocenters. The standard InChI is InChI=1S/C36H61N3O8/c1-23(2)26(17-25-13-14-30(45-11)31(18-25)46-16-12-15-44-10)20-29(39-34(43)47-35(5,6)7)27(21-40)19-28(24(3)4)32(41)38-22-36(8,9)33(37)42/h13-14,18,21,23-24,26-29H,12,15-17,19-20,22H2,1-11H3,(H2,37,42)(H,38,41)(H,39,43)/t26-,27-,28-,29-/m0/s1. The van der Waals surface area contributed by atoms with Crippen molar-refractivity contribution in [2.45, 2.75) is 99.6 Å². The van der Waals surface area contributed by atoms with Crippen LogP contribution in [0.5, 0.6) is 11.5 Å². The van der Waals surface area contributed by atoms with Gasteiger partial charge in [0.2, 0.25) is 11.8 Å². The molecular formula is C36H61N3O8. The lowest BCUT2D eigenvalue weighted by molar-refractivity contribution is -0.129. The number of hydrogen-bond acceptors (Lipinski definition) is 8. The predicted octanol–water partition coefficient (Wildman–Crippen LogP) is 5.31. The maximum absolute atomic E-state index is 13.4. The predicted molar refractivity (Wildman–Crippen MR) is 183 cm³/mol. The Kier molecular flexibility index (Phi) is 17.3. The number of rotatable bonds is 21. The molecule has 1 aromatic rings. The number of carbonyl (C=O) groups excluding carboxylic acids is 4. The van der Waals surface area contributed by atoms with E-state index < -0.39 is 40.9 Å². The molecule has 3 amide bonds. The number of hydrogen-bond donors (Lipinski definition) is 3. The first-order chi connectivity index (χ1) is 21.8. The minimum absolute atomic E-state index is 0.0508. The van der Waals surface area contributed by atoms with Gasteiger partial charge < -0.3 is 40.1 Å². The second-order valence-electron chi connectivity index (χ2n) is 14.7. The SMILES string of the molecule is COCCCOc1cc(C[C@@H](C[C@H](NC(=O)OC(C)(C)C)[C@H](C=O)C[C@H](C(=O)NCC(C)(C)C(N)=O)C(C)C)C(C)C)ccc1OC. The topological polar surface area (TPSA) is 155 Å².